The summed E-state index contributed by atoms with van der Waals surface area (Å²) in [5, 5.41) is 3.90. The molecule has 16 heavy (non-hydrogen) atoms. The Hall–Kier alpha value is -0.830. The number of carbonyl (C=O) groups is 1. The number of nitrogens with zero attached hydrogens (tertiary/aromatic N) is 1. The smallest absolute Gasteiger partial charge is 0.254 e. The molecule has 1 aromatic heterocycles. The molecule has 3 heteroatoms. The van der Waals surface area contributed by atoms with Crippen LogP contribution in [0.1, 0.15) is 43.0 Å². The minimum absolute atomic E-state index is 0.181. The van der Waals surface area contributed by atoms with E-state index in [0.29, 0.717) is 12.0 Å². The van der Waals surface area contributed by atoms with Gasteiger partial charge in [0, 0.05) is 18.5 Å². The third-order valence-electron chi connectivity index (χ3n) is 3.65. The van der Waals surface area contributed by atoms with Crippen molar-refractivity contribution in [2.24, 2.45) is 5.92 Å². The van der Waals surface area contributed by atoms with Crippen LogP contribution in [-0.4, -0.2) is 23.9 Å². The molecule has 1 heterocycles. The monoisotopic (exact) mass is 237 g/mol. The van der Waals surface area contributed by atoms with E-state index in [4.69, 9.17) is 0 Å². The van der Waals surface area contributed by atoms with Crippen LogP contribution in [0.5, 0.6) is 0 Å². The van der Waals surface area contributed by atoms with Gasteiger partial charge < -0.3 is 4.90 Å². The summed E-state index contributed by atoms with van der Waals surface area (Å²) in [4.78, 5) is 14.1. The van der Waals surface area contributed by atoms with Gasteiger partial charge in [-0.2, -0.15) is 11.3 Å². The van der Waals surface area contributed by atoms with E-state index >= 15 is 0 Å². The van der Waals surface area contributed by atoms with Crippen molar-refractivity contribution in [1.29, 1.82) is 0 Å². The van der Waals surface area contributed by atoms with Crippen LogP contribution in [0.25, 0.3) is 0 Å². The van der Waals surface area contributed by atoms with Crippen molar-refractivity contribution in [2.45, 2.75) is 38.6 Å². The fourth-order valence-electron chi connectivity index (χ4n) is 2.61. The van der Waals surface area contributed by atoms with Gasteiger partial charge in [0.2, 0.25) is 0 Å². The maximum atomic E-state index is 12.2. The summed E-state index contributed by atoms with van der Waals surface area (Å²) >= 11 is 1.59. The molecule has 0 unspecified atom stereocenters. The Bertz CT molecular complexity index is 347. The third-order valence-corrected chi connectivity index (χ3v) is 4.34. The summed E-state index contributed by atoms with van der Waals surface area (Å²) in [6.07, 6.45) is 4.99. The zero-order chi connectivity index (χ0) is 11.5. The highest BCUT2D eigenvalue weighted by atomic mass is 32.1. The summed E-state index contributed by atoms with van der Waals surface area (Å²) in [6, 6.07) is 2.35. The lowest BCUT2D eigenvalue weighted by Crippen LogP contribution is -2.42. The molecule has 2 rings (SSSR count). The van der Waals surface area contributed by atoms with Crippen molar-refractivity contribution < 1.29 is 4.79 Å². The third kappa shape index (κ3) is 2.29. The minimum Gasteiger partial charge on any atom is -0.338 e. The molecule has 88 valence electrons. The highest BCUT2D eigenvalue weighted by Crippen LogP contribution is 2.28. The molecule has 1 aliphatic carbocycles. The molecule has 1 fully saturated rings. The SMILES string of the molecule is C[C@H]1CCCC[C@H]1N(C)C(=O)c1ccsc1. The highest BCUT2D eigenvalue weighted by Gasteiger charge is 2.28. The maximum Gasteiger partial charge on any atom is 0.254 e. The molecule has 0 bridgehead atoms. The summed E-state index contributed by atoms with van der Waals surface area (Å²) in [6.45, 7) is 2.27. The topological polar surface area (TPSA) is 20.3 Å². The molecular formula is C13H19NOS. The van der Waals surface area contributed by atoms with Gasteiger partial charge in [0.25, 0.3) is 5.91 Å². The predicted molar refractivity (Wildman–Crippen MR) is 67.8 cm³/mol. The number of hydrogen-bond donors (Lipinski definition) is 0. The van der Waals surface area contributed by atoms with Crippen LogP contribution < -0.4 is 0 Å². The van der Waals surface area contributed by atoms with Gasteiger partial charge >= 0.3 is 0 Å². The first-order valence-corrected chi connectivity index (χ1v) is 6.94. The Morgan fingerprint density at radius 2 is 2.19 bits per heavy atom. The number of thiophene rings is 1. The standard InChI is InChI=1S/C13H19NOS/c1-10-5-3-4-6-12(10)14(2)13(15)11-7-8-16-9-11/h7-10,12H,3-6H2,1-2H3/t10-,12+/m0/s1. The molecule has 0 saturated heterocycles. The summed E-state index contributed by atoms with van der Waals surface area (Å²) in [5.41, 5.74) is 0.838. The van der Waals surface area contributed by atoms with Crippen LogP contribution in [-0.2, 0) is 0 Å². The first-order chi connectivity index (χ1) is 7.70. The summed E-state index contributed by atoms with van der Waals surface area (Å²) in [5.74, 6) is 0.821. The number of carbonyl (C=O) groups excluding carboxylic acids is 1. The summed E-state index contributed by atoms with van der Waals surface area (Å²) in [7, 11) is 1.95. The molecule has 2 nitrogen and oxygen atoms in total. The first-order valence-electron chi connectivity index (χ1n) is 5.99. The lowest BCUT2D eigenvalue weighted by atomic mass is 9.85. The van der Waals surface area contributed by atoms with E-state index in [0.717, 1.165) is 12.0 Å². The molecule has 0 N–H and O–H groups in total. The van der Waals surface area contributed by atoms with Crippen molar-refractivity contribution in [1.82, 2.24) is 4.90 Å². The first kappa shape index (κ1) is 11.6. The molecule has 1 aliphatic rings. The number of amides is 1. The highest BCUT2D eigenvalue weighted by molar-refractivity contribution is 7.08. The Balaban J connectivity index is 2.06. The lowest BCUT2D eigenvalue weighted by molar-refractivity contribution is 0.0629. The normalized spacial score (nSPS) is 25.4. The zero-order valence-electron chi connectivity index (χ0n) is 9.98. The van der Waals surface area contributed by atoms with E-state index in [9.17, 15) is 4.79 Å². The van der Waals surface area contributed by atoms with Gasteiger partial charge in [0.1, 0.15) is 0 Å². The van der Waals surface area contributed by atoms with Crippen molar-refractivity contribution in [3.63, 3.8) is 0 Å². The van der Waals surface area contributed by atoms with Gasteiger partial charge in [-0.25, -0.2) is 0 Å². The van der Waals surface area contributed by atoms with Crippen LogP contribution in [0.2, 0.25) is 0 Å². The zero-order valence-corrected chi connectivity index (χ0v) is 10.8. The second kappa shape index (κ2) is 5.00. The van der Waals surface area contributed by atoms with Gasteiger partial charge in [-0.05, 0) is 30.2 Å². The van der Waals surface area contributed by atoms with E-state index in [2.05, 4.69) is 6.92 Å². The minimum atomic E-state index is 0.181. The van der Waals surface area contributed by atoms with E-state index in [1.165, 1.54) is 19.3 Å². The van der Waals surface area contributed by atoms with E-state index in [1.807, 2.05) is 28.8 Å². The lowest BCUT2D eigenvalue weighted by Gasteiger charge is -2.36. The van der Waals surface area contributed by atoms with Gasteiger partial charge in [0.05, 0.1) is 5.56 Å². The van der Waals surface area contributed by atoms with E-state index in [-0.39, 0.29) is 5.91 Å². The molecule has 0 spiro atoms. The van der Waals surface area contributed by atoms with Crippen LogP contribution in [0, 0.1) is 5.92 Å². The molecular weight excluding hydrogens is 218 g/mol. The largest absolute Gasteiger partial charge is 0.338 e. The Morgan fingerprint density at radius 1 is 1.44 bits per heavy atom. The molecule has 2 atom stereocenters. The van der Waals surface area contributed by atoms with E-state index in [1.54, 1.807) is 11.3 Å². The van der Waals surface area contributed by atoms with Crippen molar-refractivity contribution >= 4 is 17.2 Å². The molecule has 1 aromatic rings. The van der Waals surface area contributed by atoms with Crippen LogP contribution in [0.15, 0.2) is 16.8 Å². The van der Waals surface area contributed by atoms with E-state index < -0.39 is 0 Å². The van der Waals surface area contributed by atoms with Crippen LogP contribution in [0.3, 0.4) is 0 Å². The summed E-state index contributed by atoms with van der Waals surface area (Å²) < 4.78 is 0. The Labute approximate surface area is 101 Å². The van der Waals surface area contributed by atoms with Crippen LogP contribution in [0.4, 0.5) is 0 Å². The average molecular weight is 237 g/mol. The fourth-order valence-corrected chi connectivity index (χ4v) is 3.24. The van der Waals surface area contributed by atoms with Gasteiger partial charge in [-0.1, -0.05) is 19.8 Å². The van der Waals surface area contributed by atoms with Crippen molar-refractivity contribution in [3.05, 3.63) is 22.4 Å². The molecule has 1 amide bonds. The van der Waals surface area contributed by atoms with Gasteiger partial charge in [-0.3, -0.25) is 4.79 Å². The Morgan fingerprint density at radius 3 is 2.81 bits per heavy atom. The molecule has 0 aromatic carbocycles. The average Bonchev–Trinajstić information content (AvgIpc) is 2.81. The predicted octanol–water partition coefficient (Wildman–Crippen LogP) is 3.40. The number of rotatable bonds is 2. The number of hydrogen-bond acceptors (Lipinski definition) is 2. The molecule has 0 aliphatic heterocycles. The van der Waals surface area contributed by atoms with Crippen molar-refractivity contribution in [2.75, 3.05) is 7.05 Å². The second-order valence-electron chi connectivity index (χ2n) is 4.76. The quantitative estimate of drug-likeness (QED) is 0.772. The fraction of sp³-hybridized carbons (Fsp3) is 0.615. The molecule has 0 radical (unpaired) electrons. The second-order valence-corrected chi connectivity index (χ2v) is 5.54. The van der Waals surface area contributed by atoms with Crippen LogP contribution >= 0.6 is 11.3 Å². The Kier molecular flexibility index (Phi) is 3.64. The molecule has 1 saturated carbocycles. The maximum absolute atomic E-state index is 12.2. The van der Waals surface area contributed by atoms with Crippen molar-refractivity contribution in [3.8, 4) is 0 Å². The van der Waals surface area contributed by atoms with Gasteiger partial charge in [-0.15, -0.1) is 0 Å². The van der Waals surface area contributed by atoms with Gasteiger partial charge in [0.15, 0.2) is 0 Å².